The average Bonchev–Trinajstić information content (AvgIpc) is 2.89. The minimum absolute atomic E-state index is 0.110. The van der Waals surface area contributed by atoms with Crippen molar-refractivity contribution in [1.82, 2.24) is 14.8 Å². The molecule has 2 amide bonds. The monoisotopic (exact) mass is 285 g/mol. The molecule has 1 aliphatic rings. The van der Waals surface area contributed by atoms with Crippen LogP contribution < -0.4 is 10.6 Å². The van der Waals surface area contributed by atoms with Crippen LogP contribution in [0.2, 0.25) is 0 Å². The van der Waals surface area contributed by atoms with E-state index in [1.54, 1.807) is 4.68 Å². The van der Waals surface area contributed by atoms with Gasteiger partial charge in [0.25, 0.3) is 0 Å². The largest absolute Gasteiger partial charge is 0.326 e. The molecule has 0 radical (unpaired) electrons. The molecule has 1 unspecified atom stereocenters. The fourth-order valence-electron chi connectivity index (χ4n) is 2.23. The number of aryl methyl sites for hydroxylation is 1. The number of benzene rings is 1. The third-order valence-electron chi connectivity index (χ3n) is 3.38. The minimum Gasteiger partial charge on any atom is -0.326 e. The number of anilines is 2. The second-order valence-corrected chi connectivity index (χ2v) is 5.07. The summed E-state index contributed by atoms with van der Waals surface area (Å²) in [7, 11) is 0. The Hall–Kier alpha value is -2.70. The molecule has 1 atom stereocenters. The maximum absolute atomic E-state index is 12.0. The Morgan fingerprint density at radius 3 is 2.95 bits per heavy atom. The molecule has 3 rings (SSSR count). The van der Waals surface area contributed by atoms with E-state index >= 15 is 0 Å². The Labute approximate surface area is 121 Å². The van der Waals surface area contributed by atoms with Crippen molar-refractivity contribution in [2.45, 2.75) is 19.9 Å². The predicted octanol–water partition coefficient (Wildman–Crippen LogP) is 1.18. The Morgan fingerprint density at radius 1 is 1.43 bits per heavy atom. The van der Waals surface area contributed by atoms with E-state index in [2.05, 4.69) is 20.7 Å². The van der Waals surface area contributed by atoms with E-state index in [1.807, 2.05) is 31.2 Å². The first-order chi connectivity index (χ1) is 10.1. The van der Waals surface area contributed by atoms with Crippen LogP contribution in [-0.2, 0) is 16.1 Å². The van der Waals surface area contributed by atoms with Crippen LogP contribution in [0.3, 0.4) is 0 Å². The van der Waals surface area contributed by atoms with Crippen molar-refractivity contribution in [2.75, 3.05) is 10.6 Å². The Morgan fingerprint density at radius 2 is 2.19 bits per heavy atom. The Bertz CT molecular complexity index is 677. The van der Waals surface area contributed by atoms with E-state index in [4.69, 9.17) is 0 Å². The summed E-state index contributed by atoms with van der Waals surface area (Å²) in [5.74, 6) is -0.406. The van der Waals surface area contributed by atoms with Gasteiger partial charge in [0, 0.05) is 12.1 Å². The summed E-state index contributed by atoms with van der Waals surface area (Å²) in [5, 5.41) is 9.43. The quantitative estimate of drug-likeness (QED) is 0.886. The molecule has 21 heavy (non-hydrogen) atoms. The maximum Gasteiger partial charge on any atom is 0.232 e. The van der Waals surface area contributed by atoms with Crippen LogP contribution in [0, 0.1) is 12.8 Å². The van der Waals surface area contributed by atoms with Gasteiger partial charge in [-0.3, -0.25) is 14.9 Å². The molecule has 1 aliphatic heterocycles. The maximum atomic E-state index is 12.0. The van der Waals surface area contributed by atoms with Gasteiger partial charge < -0.3 is 5.32 Å². The number of fused-ring (bicyclic) bond motifs is 1. The summed E-state index contributed by atoms with van der Waals surface area (Å²) in [4.78, 5) is 27.9. The Kier molecular flexibility index (Phi) is 3.39. The number of hydrogen-bond donors (Lipinski definition) is 2. The van der Waals surface area contributed by atoms with Gasteiger partial charge in [0.05, 0.1) is 12.5 Å². The lowest BCUT2D eigenvalue weighted by atomic mass is 10.0. The number of hydrogen-bond acceptors (Lipinski definition) is 4. The van der Waals surface area contributed by atoms with Crippen LogP contribution in [-0.4, -0.2) is 26.6 Å². The summed E-state index contributed by atoms with van der Waals surface area (Å²) in [5.41, 5.74) is 1.85. The highest BCUT2D eigenvalue weighted by molar-refractivity contribution is 5.98. The van der Waals surface area contributed by atoms with Gasteiger partial charge in [0.15, 0.2) is 0 Å². The third kappa shape index (κ3) is 2.91. The fourth-order valence-corrected chi connectivity index (χ4v) is 2.23. The molecule has 108 valence electrons. The van der Waals surface area contributed by atoms with Gasteiger partial charge in [-0.15, -0.1) is 0 Å². The van der Waals surface area contributed by atoms with Gasteiger partial charge >= 0.3 is 0 Å². The molecule has 0 bridgehead atoms. The SMILES string of the molecule is Cc1ccc(NC(=O)CC2Cn3ncnc3NC2=O)cc1. The van der Waals surface area contributed by atoms with Crippen molar-refractivity contribution in [3.63, 3.8) is 0 Å². The zero-order chi connectivity index (χ0) is 14.8. The summed E-state index contributed by atoms with van der Waals surface area (Å²) >= 11 is 0. The van der Waals surface area contributed by atoms with Gasteiger partial charge in [0.1, 0.15) is 6.33 Å². The second kappa shape index (κ2) is 5.35. The first-order valence-corrected chi connectivity index (χ1v) is 6.67. The van der Waals surface area contributed by atoms with Crippen LogP contribution in [0.15, 0.2) is 30.6 Å². The van der Waals surface area contributed by atoms with Gasteiger partial charge in [0.2, 0.25) is 17.8 Å². The summed E-state index contributed by atoms with van der Waals surface area (Å²) in [6.07, 6.45) is 1.49. The van der Waals surface area contributed by atoms with Crippen molar-refractivity contribution in [1.29, 1.82) is 0 Å². The molecule has 0 spiro atoms. The number of aromatic nitrogens is 3. The average molecular weight is 285 g/mol. The normalized spacial score (nSPS) is 17.0. The zero-order valence-electron chi connectivity index (χ0n) is 11.5. The second-order valence-electron chi connectivity index (χ2n) is 5.07. The topological polar surface area (TPSA) is 88.9 Å². The molecule has 0 saturated heterocycles. The third-order valence-corrected chi connectivity index (χ3v) is 3.38. The van der Waals surface area contributed by atoms with Crippen LogP contribution in [0.5, 0.6) is 0 Å². The fraction of sp³-hybridized carbons (Fsp3) is 0.286. The van der Waals surface area contributed by atoms with Crippen molar-refractivity contribution >= 4 is 23.5 Å². The van der Waals surface area contributed by atoms with Gasteiger partial charge in [-0.2, -0.15) is 10.1 Å². The number of nitrogens with one attached hydrogen (secondary N) is 2. The molecule has 7 heteroatoms. The van der Waals surface area contributed by atoms with Gasteiger partial charge in [-0.05, 0) is 19.1 Å². The van der Waals surface area contributed by atoms with Crippen LogP contribution in [0.4, 0.5) is 11.6 Å². The number of carbonyl (C=O) groups is 2. The molecule has 2 aromatic rings. The molecular formula is C14H15N5O2. The van der Waals surface area contributed by atoms with E-state index in [0.717, 1.165) is 11.3 Å². The lowest BCUT2D eigenvalue weighted by molar-refractivity contribution is -0.125. The van der Waals surface area contributed by atoms with E-state index in [0.29, 0.717) is 12.5 Å². The molecule has 2 heterocycles. The lowest BCUT2D eigenvalue weighted by Gasteiger charge is -2.21. The first kappa shape index (κ1) is 13.3. The van der Waals surface area contributed by atoms with Crippen molar-refractivity contribution in [3.05, 3.63) is 36.2 Å². The molecule has 0 saturated carbocycles. The highest BCUT2D eigenvalue weighted by Gasteiger charge is 2.29. The molecule has 1 aromatic heterocycles. The number of carbonyl (C=O) groups excluding carboxylic acids is 2. The van der Waals surface area contributed by atoms with E-state index in [1.165, 1.54) is 6.33 Å². The molecular weight excluding hydrogens is 270 g/mol. The summed E-state index contributed by atoms with van der Waals surface area (Å²) in [6, 6.07) is 7.52. The summed E-state index contributed by atoms with van der Waals surface area (Å²) < 4.78 is 1.59. The molecule has 7 nitrogen and oxygen atoms in total. The van der Waals surface area contributed by atoms with E-state index in [-0.39, 0.29) is 18.2 Å². The van der Waals surface area contributed by atoms with Gasteiger partial charge in [-0.1, -0.05) is 17.7 Å². The highest BCUT2D eigenvalue weighted by Crippen LogP contribution is 2.19. The predicted molar refractivity (Wildman–Crippen MR) is 76.6 cm³/mol. The lowest BCUT2D eigenvalue weighted by Crippen LogP contribution is -2.36. The van der Waals surface area contributed by atoms with Crippen molar-refractivity contribution in [3.8, 4) is 0 Å². The molecule has 1 aromatic carbocycles. The molecule has 0 aliphatic carbocycles. The van der Waals surface area contributed by atoms with Crippen molar-refractivity contribution < 1.29 is 9.59 Å². The number of nitrogens with zero attached hydrogens (tertiary/aromatic N) is 3. The zero-order valence-corrected chi connectivity index (χ0v) is 11.5. The van der Waals surface area contributed by atoms with Gasteiger partial charge in [-0.25, -0.2) is 4.68 Å². The van der Waals surface area contributed by atoms with Crippen LogP contribution in [0.1, 0.15) is 12.0 Å². The minimum atomic E-state index is -0.440. The molecule has 0 fully saturated rings. The van der Waals surface area contributed by atoms with E-state index < -0.39 is 5.92 Å². The number of amides is 2. The van der Waals surface area contributed by atoms with E-state index in [9.17, 15) is 9.59 Å². The standard InChI is InChI=1S/C14H15N5O2/c1-9-2-4-11(5-3-9)17-12(20)6-10-7-19-14(15-8-16-19)18-13(10)21/h2-5,8,10H,6-7H2,1H3,(H,17,20)(H,15,16,18,21). The Balaban J connectivity index is 1.62. The van der Waals surface area contributed by atoms with Crippen molar-refractivity contribution in [2.24, 2.45) is 5.92 Å². The summed E-state index contributed by atoms with van der Waals surface area (Å²) in [6.45, 7) is 2.34. The highest BCUT2D eigenvalue weighted by atomic mass is 16.2. The first-order valence-electron chi connectivity index (χ1n) is 6.67. The smallest absolute Gasteiger partial charge is 0.232 e. The number of rotatable bonds is 3. The van der Waals surface area contributed by atoms with Crippen LogP contribution in [0.25, 0.3) is 0 Å². The van der Waals surface area contributed by atoms with Crippen LogP contribution >= 0.6 is 0 Å². The molecule has 2 N–H and O–H groups in total.